The summed E-state index contributed by atoms with van der Waals surface area (Å²) in [4.78, 5) is 10.6. The number of nitrogens with two attached hydrogens (primary N) is 1. The molecule has 2 rings (SSSR count). The third-order valence-corrected chi connectivity index (χ3v) is 4.18. The van der Waals surface area contributed by atoms with Crippen molar-refractivity contribution in [3.05, 3.63) is 0 Å². The molecule has 1 heterocycles. The summed E-state index contributed by atoms with van der Waals surface area (Å²) < 4.78 is 1.86. The number of carbonyl (C=O) groups is 1. The molecule has 1 saturated carbocycles. The molecule has 3 N–H and O–H groups in total. The van der Waals surface area contributed by atoms with Gasteiger partial charge < -0.3 is 10.8 Å². The number of rotatable bonds is 5. The van der Waals surface area contributed by atoms with Crippen LogP contribution < -0.4 is 5.73 Å². The van der Waals surface area contributed by atoms with Crippen molar-refractivity contribution in [3.8, 4) is 0 Å². The van der Waals surface area contributed by atoms with E-state index in [0.29, 0.717) is 17.0 Å². The fourth-order valence-corrected chi connectivity index (χ4v) is 2.78. The number of anilines is 1. The number of nitrogens with zero attached hydrogens (tertiary/aromatic N) is 3. The van der Waals surface area contributed by atoms with Crippen LogP contribution in [0.1, 0.15) is 32.2 Å². The van der Waals surface area contributed by atoms with E-state index < -0.39 is 5.97 Å². The second kappa shape index (κ2) is 4.95. The minimum absolute atomic E-state index is 0.0183. The fourth-order valence-electron chi connectivity index (χ4n) is 2.03. The van der Waals surface area contributed by atoms with Gasteiger partial charge in [-0.05, 0) is 25.7 Å². The SMILES string of the molecule is CC(C1CCC1)n1c(N)nnc1SCC(=O)O. The van der Waals surface area contributed by atoms with Gasteiger partial charge in [0.2, 0.25) is 5.95 Å². The first-order chi connectivity index (χ1) is 8.09. The van der Waals surface area contributed by atoms with Gasteiger partial charge in [-0.15, -0.1) is 10.2 Å². The zero-order valence-electron chi connectivity index (χ0n) is 9.67. The van der Waals surface area contributed by atoms with Gasteiger partial charge in [0.05, 0.1) is 5.75 Å². The second-order valence-corrected chi connectivity index (χ2v) is 5.27. The molecule has 1 aliphatic carbocycles. The van der Waals surface area contributed by atoms with Crippen molar-refractivity contribution in [2.45, 2.75) is 37.4 Å². The molecule has 1 aliphatic rings. The summed E-state index contributed by atoms with van der Waals surface area (Å²) >= 11 is 1.17. The molecule has 1 fully saturated rings. The topological polar surface area (TPSA) is 94.0 Å². The molecule has 0 bridgehead atoms. The third kappa shape index (κ3) is 2.54. The number of nitrogen functional groups attached to an aromatic ring is 1. The monoisotopic (exact) mass is 256 g/mol. The average Bonchev–Trinajstić information content (AvgIpc) is 2.53. The highest BCUT2D eigenvalue weighted by molar-refractivity contribution is 7.99. The maximum atomic E-state index is 10.6. The van der Waals surface area contributed by atoms with Crippen molar-refractivity contribution in [1.29, 1.82) is 0 Å². The number of carboxylic acid groups (broad SMARTS) is 1. The van der Waals surface area contributed by atoms with E-state index in [0.717, 1.165) is 0 Å². The van der Waals surface area contributed by atoms with E-state index in [-0.39, 0.29) is 11.8 Å². The highest BCUT2D eigenvalue weighted by Gasteiger charge is 2.28. The van der Waals surface area contributed by atoms with Gasteiger partial charge in [0.25, 0.3) is 0 Å². The summed E-state index contributed by atoms with van der Waals surface area (Å²) in [6.07, 6.45) is 3.65. The Morgan fingerprint density at radius 2 is 2.35 bits per heavy atom. The molecule has 1 unspecified atom stereocenters. The van der Waals surface area contributed by atoms with Crippen molar-refractivity contribution in [2.75, 3.05) is 11.5 Å². The third-order valence-electron chi connectivity index (χ3n) is 3.25. The first-order valence-corrected chi connectivity index (χ1v) is 6.63. The Morgan fingerprint density at radius 3 is 2.88 bits per heavy atom. The first kappa shape index (κ1) is 12.2. The molecule has 0 aromatic carbocycles. The van der Waals surface area contributed by atoms with Gasteiger partial charge >= 0.3 is 5.97 Å². The molecule has 1 aromatic heterocycles. The van der Waals surface area contributed by atoms with E-state index in [1.165, 1.54) is 31.0 Å². The molecule has 1 atom stereocenters. The molecule has 0 radical (unpaired) electrons. The molecule has 7 heteroatoms. The average molecular weight is 256 g/mol. The zero-order chi connectivity index (χ0) is 12.4. The number of hydrogen-bond donors (Lipinski definition) is 2. The van der Waals surface area contributed by atoms with Crippen LogP contribution in [0.25, 0.3) is 0 Å². The Labute approximate surface area is 104 Å². The predicted molar refractivity (Wildman–Crippen MR) is 64.8 cm³/mol. The van der Waals surface area contributed by atoms with Crippen molar-refractivity contribution < 1.29 is 9.90 Å². The van der Waals surface area contributed by atoms with Gasteiger partial charge in [-0.25, -0.2) is 0 Å². The van der Waals surface area contributed by atoms with Gasteiger partial charge in [0.1, 0.15) is 0 Å². The minimum Gasteiger partial charge on any atom is -0.481 e. The van der Waals surface area contributed by atoms with Crippen LogP contribution >= 0.6 is 11.8 Å². The maximum absolute atomic E-state index is 10.6. The van der Waals surface area contributed by atoms with E-state index in [1.807, 2.05) is 4.57 Å². The molecule has 0 aliphatic heterocycles. The van der Waals surface area contributed by atoms with Gasteiger partial charge in [0.15, 0.2) is 5.16 Å². The van der Waals surface area contributed by atoms with E-state index in [2.05, 4.69) is 17.1 Å². The Hall–Kier alpha value is -1.24. The second-order valence-electron chi connectivity index (χ2n) is 4.32. The lowest BCUT2D eigenvalue weighted by atomic mass is 9.80. The lowest BCUT2D eigenvalue weighted by Crippen LogP contribution is -2.24. The number of hydrogen-bond acceptors (Lipinski definition) is 5. The lowest BCUT2D eigenvalue weighted by molar-refractivity contribution is -0.133. The molecule has 6 nitrogen and oxygen atoms in total. The minimum atomic E-state index is -0.862. The van der Waals surface area contributed by atoms with Crippen molar-refractivity contribution in [1.82, 2.24) is 14.8 Å². The van der Waals surface area contributed by atoms with Crippen molar-refractivity contribution in [2.24, 2.45) is 5.92 Å². The molecular weight excluding hydrogens is 240 g/mol. The number of aliphatic carboxylic acids is 1. The Kier molecular flexibility index (Phi) is 3.56. The van der Waals surface area contributed by atoms with Crippen LogP contribution in [-0.2, 0) is 4.79 Å². The fraction of sp³-hybridized carbons (Fsp3) is 0.700. The molecule has 0 amide bonds. The standard InChI is InChI=1S/C10H16N4O2S/c1-6(7-3-2-4-7)14-9(11)12-13-10(14)17-5-8(15)16/h6-7H,2-5H2,1H3,(H2,11,12)(H,15,16). The molecule has 17 heavy (non-hydrogen) atoms. The van der Waals surface area contributed by atoms with Crippen LogP contribution in [0.5, 0.6) is 0 Å². The smallest absolute Gasteiger partial charge is 0.313 e. The summed E-state index contributed by atoms with van der Waals surface area (Å²) in [5.74, 6) is 0.101. The number of carboxylic acids is 1. The summed E-state index contributed by atoms with van der Waals surface area (Å²) in [7, 11) is 0. The van der Waals surface area contributed by atoms with Gasteiger partial charge in [-0.2, -0.15) is 0 Å². The summed E-state index contributed by atoms with van der Waals surface area (Å²) in [6.45, 7) is 2.09. The quantitative estimate of drug-likeness (QED) is 0.773. The predicted octanol–water partition coefficient (Wildman–Crippen LogP) is 1.40. The normalized spacial score (nSPS) is 17.7. The van der Waals surface area contributed by atoms with Crippen LogP contribution in [0, 0.1) is 5.92 Å². The van der Waals surface area contributed by atoms with E-state index >= 15 is 0 Å². The molecular formula is C10H16N4O2S. The van der Waals surface area contributed by atoms with Gasteiger partial charge in [-0.3, -0.25) is 9.36 Å². The maximum Gasteiger partial charge on any atom is 0.313 e. The summed E-state index contributed by atoms with van der Waals surface area (Å²) in [5, 5.41) is 17.0. The molecule has 0 spiro atoms. The van der Waals surface area contributed by atoms with E-state index in [9.17, 15) is 4.79 Å². The Morgan fingerprint density at radius 1 is 1.65 bits per heavy atom. The Balaban J connectivity index is 2.13. The zero-order valence-corrected chi connectivity index (χ0v) is 10.5. The highest BCUT2D eigenvalue weighted by atomic mass is 32.2. The van der Waals surface area contributed by atoms with Crippen LogP contribution in [0.15, 0.2) is 5.16 Å². The Bertz CT molecular complexity index is 416. The van der Waals surface area contributed by atoms with Crippen LogP contribution in [-0.4, -0.2) is 31.6 Å². The number of thioether (sulfide) groups is 1. The summed E-state index contributed by atoms with van der Waals surface area (Å²) in [6, 6.07) is 0.245. The number of aromatic nitrogens is 3. The lowest BCUT2D eigenvalue weighted by Gasteiger charge is -2.32. The largest absolute Gasteiger partial charge is 0.481 e. The molecule has 0 saturated heterocycles. The first-order valence-electron chi connectivity index (χ1n) is 5.64. The summed E-state index contributed by atoms with van der Waals surface area (Å²) in [5.41, 5.74) is 5.79. The van der Waals surface area contributed by atoms with Crippen molar-refractivity contribution >= 4 is 23.7 Å². The van der Waals surface area contributed by atoms with Crippen molar-refractivity contribution in [3.63, 3.8) is 0 Å². The van der Waals surface area contributed by atoms with E-state index in [1.54, 1.807) is 0 Å². The van der Waals surface area contributed by atoms with Crippen LogP contribution in [0.4, 0.5) is 5.95 Å². The molecule has 94 valence electrons. The van der Waals surface area contributed by atoms with Gasteiger partial charge in [0, 0.05) is 6.04 Å². The molecule has 1 aromatic rings. The van der Waals surface area contributed by atoms with Crippen LogP contribution in [0.2, 0.25) is 0 Å². The van der Waals surface area contributed by atoms with Gasteiger partial charge in [-0.1, -0.05) is 18.2 Å². The van der Waals surface area contributed by atoms with E-state index in [4.69, 9.17) is 10.8 Å². The highest BCUT2D eigenvalue weighted by Crippen LogP contribution is 2.38. The van der Waals surface area contributed by atoms with Crippen LogP contribution in [0.3, 0.4) is 0 Å².